The van der Waals surface area contributed by atoms with Crippen LogP contribution in [0.4, 0.5) is 0 Å². The molecule has 1 N–H and O–H groups in total. The van der Waals surface area contributed by atoms with E-state index in [0.29, 0.717) is 19.5 Å². The van der Waals surface area contributed by atoms with Gasteiger partial charge in [-0.05, 0) is 42.9 Å². The van der Waals surface area contributed by atoms with Gasteiger partial charge in [0, 0.05) is 31.4 Å². The molecule has 0 saturated heterocycles. The Bertz CT molecular complexity index is 905. The van der Waals surface area contributed by atoms with Crippen molar-refractivity contribution in [2.75, 3.05) is 34.3 Å². The molecule has 0 spiro atoms. The summed E-state index contributed by atoms with van der Waals surface area (Å²) < 4.78 is 5.31. The maximum atomic E-state index is 13.1. The van der Waals surface area contributed by atoms with Crippen LogP contribution in [0.15, 0.2) is 60.9 Å². The Morgan fingerprint density at radius 2 is 1.83 bits per heavy atom. The summed E-state index contributed by atoms with van der Waals surface area (Å²) in [6, 6.07) is 16.0. The van der Waals surface area contributed by atoms with Crippen molar-refractivity contribution >= 4 is 5.91 Å². The van der Waals surface area contributed by atoms with Gasteiger partial charge < -0.3 is 14.5 Å². The molecule has 6 heteroatoms. The molecule has 0 saturated carbocycles. The lowest BCUT2D eigenvalue weighted by Crippen LogP contribution is -2.37. The minimum atomic E-state index is 0.116. The number of nitrogens with one attached hydrogen (secondary N) is 1. The Balaban J connectivity index is 1.69. The number of aromatic nitrogens is 2. The number of H-pyrrole nitrogens is 1. The predicted molar refractivity (Wildman–Crippen MR) is 115 cm³/mol. The van der Waals surface area contributed by atoms with Crippen LogP contribution in [0.5, 0.6) is 5.75 Å². The van der Waals surface area contributed by atoms with Crippen LogP contribution in [0.2, 0.25) is 0 Å². The van der Waals surface area contributed by atoms with Crippen molar-refractivity contribution in [3.8, 4) is 16.9 Å². The fourth-order valence-electron chi connectivity index (χ4n) is 3.11. The van der Waals surface area contributed by atoms with Gasteiger partial charge in [-0.25, -0.2) is 0 Å². The average Bonchev–Trinajstić information content (AvgIpc) is 3.26. The highest BCUT2D eigenvalue weighted by molar-refractivity contribution is 5.79. The van der Waals surface area contributed by atoms with Gasteiger partial charge in [0.2, 0.25) is 5.91 Å². The number of rotatable bonds is 9. The number of ether oxygens (including phenoxy) is 1. The number of benzene rings is 2. The summed E-state index contributed by atoms with van der Waals surface area (Å²) in [5.41, 5.74) is 4.18. The van der Waals surface area contributed by atoms with Crippen molar-refractivity contribution in [3.05, 3.63) is 72.1 Å². The van der Waals surface area contributed by atoms with E-state index < -0.39 is 0 Å². The fraction of sp³-hybridized carbons (Fsp3) is 0.304. The molecule has 3 aromatic rings. The van der Waals surface area contributed by atoms with Gasteiger partial charge in [0.15, 0.2) is 0 Å². The molecule has 6 nitrogen and oxygen atoms in total. The number of aromatic amines is 1. The second kappa shape index (κ2) is 9.89. The molecule has 2 aromatic carbocycles. The zero-order chi connectivity index (χ0) is 20.6. The zero-order valence-corrected chi connectivity index (χ0v) is 17.3. The first-order valence-corrected chi connectivity index (χ1v) is 9.68. The normalized spacial score (nSPS) is 10.9. The molecule has 0 unspecified atom stereocenters. The summed E-state index contributed by atoms with van der Waals surface area (Å²) in [6.45, 7) is 2.06. The molecule has 0 radical (unpaired) electrons. The molecule has 0 atom stereocenters. The van der Waals surface area contributed by atoms with Crippen LogP contribution in [0.25, 0.3) is 11.1 Å². The van der Waals surface area contributed by atoms with E-state index in [0.717, 1.165) is 34.5 Å². The highest BCUT2D eigenvalue weighted by Gasteiger charge is 2.15. The van der Waals surface area contributed by atoms with Gasteiger partial charge in [0.1, 0.15) is 5.75 Å². The van der Waals surface area contributed by atoms with Crippen LogP contribution >= 0.6 is 0 Å². The molecule has 29 heavy (non-hydrogen) atoms. The lowest BCUT2D eigenvalue weighted by molar-refractivity contribution is -0.131. The second-order valence-corrected chi connectivity index (χ2v) is 7.33. The molecule has 0 aliphatic rings. The first-order valence-electron chi connectivity index (χ1n) is 9.68. The van der Waals surface area contributed by atoms with Crippen LogP contribution in [-0.4, -0.2) is 60.2 Å². The Morgan fingerprint density at radius 3 is 2.48 bits per heavy atom. The van der Waals surface area contributed by atoms with Gasteiger partial charge in [0.25, 0.3) is 0 Å². The Labute approximate surface area is 172 Å². The van der Waals surface area contributed by atoms with Crippen molar-refractivity contribution in [2.24, 2.45) is 0 Å². The second-order valence-electron chi connectivity index (χ2n) is 7.33. The topological polar surface area (TPSA) is 61.5 Å². The lowest BCUT2D eigenvalue weighted by atomic mass is 10.0. The van der Waals surface area contributed by atoms with Gasteiger partial charge in [0.05, 0.1) is 19.7 Å². The summed E-state index contributed by atoms with van der Waals surface area (Å²) in [7, 11) is 5.69. The van der Waals surface area contributed by atoms with Gasteiger partial charge in [-0.3, -0.25) is 9.89 Å². The summed E-state index contributed by atoms with van der Waals surface area (Å²) >= 11 is 0. The number of methoxy groups -OCH3 is 1. The van der Waals surface area contributed by atoms with Gasteiger partial charge >= 0.3 is 0 Å². The molecule has 1 aromatic heterocycles. The van der Waals surface area contributed by atoms with Gasteiger partial charge in [-0.15, -0.1) is 0 Å². The number of hydrogen-bond acceptors (Lipinski definition) is 4. The van der Waals surface area contributed by atoms with Crippen molar-refractivity contribution in [1.82, 2.24) is 20.0 Å². The first kappa shape index (κ1) is 20.6. The molecule has 1 heterocycles. The summed E-state index contributed by atoms with van der Waals surface area (Å²) in [5.74, 6) is 0.920. The third-order valence-corrected chi connectivity index (χ3v) is 4.82. The van der Waals surface area contributed by atoms with Crippen molar-refractivity contribution < 1.29 is 9.53 Å². The molecule has 152 valence electrons. The van der Waals surface area contributed by atoms with E-state index in [1.807, 2.05) is 73.7 Å². The number of carbonyl (C=O) groups is 1. The molecule has 0 bridgehead atoms. The van der Waals surface area contributed by atoms with Crippen LogP contribution < -0.4 is 4.74 Å². The van der Waals surface area contributed by atoms with E-state index in [1.54, 1.807) is 13.3 Å². The van der Waals surface area contributed by atoms with E-state index in [4.69, 9.17) is 4.74 Å². The fourth-order valence-corrected chi connectivity index (χ4v) is 3.11. The van der Waals surface area contributed by atoms with E-state index in [-0.39, 0.29) is 5.91 Å². The summed E-state index contributed by atoms with van der Waals surface area (Å²) in [6.07, 6.45) is 4.03. The molecule has 0 fully saturated rings. The van der Waals surface area contributed by atoms with Crippen LogP contribution in [0, 0.1) is 0 Å². The molecule has 0 aliphatic carbocycles. The van der Waals surface area contributed by atoms with Gasteiger partial charge in [-0.2, -0.15) is 5.10 Å². The third kappa shape index (κ3) is 5.93. The van der Waals surface area contributed by atoms with Crippen LogP contribution in [-0.2, 0) is 17.8 Å². The van der Waals surface area contributed by atoms with Gasteiger partial charge in [-0.1, -0.05) is 36.4 Å². The minimum absolute atomic E-state index is 0.116. The highest BCUT2D eigenvalue weighted by atomic mass is 16.5. The van der Waals surface area contributed by atoms with Crippen molar-refractivity contribution in [1.29, 1.82) is 0 Å². The Hall–Kier alpha value is -3.12. The quantitative estimate of drug-likeness (QED) is 0.607. The number of amides is 1. The third-order valence-electron chi connectivity index (χ3n) is 4.82. The SMILES string of the molecule is COc1cccc(CN(CCN(C)C)C(=O)Cc2ccc(-c3cn[nH]c3)cc2)c1. The summed E-state index contributed by atoms with van der Waals surface area (Å²) in [4.78, 5) is 17.1. The smallest absolute Gasteiger partial charge is 0.227 e. The number of hydrogen-bond donors (Lipinski definition) is 1. The summed E-state index contributed by atoms with van der Waals surface area (Å²) in [5, 5.41) is 6.80. The molecular formula is C23H28N4O2. The predicted octanol–water partition coefficient (Wildman–Crippen LogP) is 3.22. The highest BCUT2D eigenvalue weighted by Crippen LogP contribution is 2.19. The lowest BCUT2D eigenvalue weighted by Gasteiger charge is -2.25. The van der Waals surface area contributed by atoms with E-state index >= 15 is 0 Å². The maximum absolute atomic E-state index is 13.1. The van der Waals surface area contributed by atoms with E-state index in [9.17, 15) is 4.79 Å². The molecule has 3 rings (SSSR count). The monoisotopic (exact) mass is 392 g/mol. The number of nitrogens with zero attached hydrogens (tertiary/aromatic N) is 3. The van der Waals surface area contributed by atoms with E-state index in [1.165, 1.54) is 0 Å². The van der Waals surface area contributed by atoms with Crippen LogP contribution in [0.1, 0.15) is 11.1 Å². The van der Waals surface area contributed by atoms with E-state index in [2.05, 4.69) is 15.1 Å². The molecule has 0 aliphatic heterocycles. The Morgan fingerprint density at radius 1 is 1.03 bits per heavy atom. The maximum Gasteiger partial charge on any atom is 0.227 e. The standard InChI is InChI=1S/C23H28N4O2/c1-26(2)11-12-27(17-19-5-4-6-22(13-19)29-3)23(28)14-18-7-9-20(10-8-18)21-15-24-25-16-21/h4-10,13,15-16H,11-12,14,17H2,1-3H3,(H,24,25). The number of likely N-dealkylation sites (N-methyl/N-ethyl adjacent to an activating group) is 1. The minimum Gasteiger partial charge on any atom is -0.497 e. The van der Waals surface area contributed by atoms with Crippen molar-refractivity contribution in [3.63, 3.8) is 0 Å². The van der Waals surface area contributed by atoms with Crippen LogP contribution in [0.3, 0.4) is 0 Å². The molecule has 1 amide bonds. The molecular weight excluding hydrogens is 364 g/mol. The zero-order valence-electron chi connectivity index (χ0n) is 17.3. The largest absolute Gasteiger partial charge is 0.497 e. The van der Waals surface area contributed by atoms with Crippen molar-refractivity contribution in [2.45, 2.75) is 13.0 Å². The Kier molecular flexibility index (Phi) is 7.03. The average molecular weight is 393 g/mol. The number of carbonyl (C=O) groups excluding carboxylic acids is 1. The first-order chi connectivity index (χ1) is 14.0.